The molecule has 1 heterocycles. The van der Waals surface area contributed by atoms with E-state index in [-0.39, 0.29) is 5.91 Å². The molecule has 1 aromatic rings. The highest BCUT2D eigenvalue weighted by molar-refractivity contribution is 5.95. The van der Waals surface area contributed by atoms with Gasteiger partial charge >= 0.3 is 0 Å². The lowest BCUT2D eigenvalue weighted by Crippen LogP contribution is -2.35. The van der Waals surface area contributed by atoms with Gasteiger partial charge in [-0.2, -0.15) is 0 Å². The molecule has 3 heteroatoms. The van der Waals surface area contributed by atoms with E-state index in [4.69, 9.17) is 5.73 Å². The molecule has 1 aromatic carbocycles. The number of hydrogen-bond donors (Lipinski definition) is 1. The molecule has 3 nitrogen and oxygen atoms in total. The highest BCUT2D eigenvalue weighted by atomic mass is 16.2. The van der Waals surface area contributed by atoms with E-state index in [9.17, 15) is 4.79 Å². The van der Waals surface area contributed by atoms with Gasteiger partial charge in [0.1, 0.15) is 0 Å². The second-order valence-corrected chi connectivity index (χ2v) is 3.85. The van der Waals surface area contributed by atoms with Crippen molar-refractivity contribution in [2.45, 2.75) is 26.2 Å². The third kappa shape index (κ3) is 1.69. The van der Waals surface area contributed by atoms with Crippen LogP contribution in [-0.2, 0) is 11.2 Å². The molecule has 1 aliphatic heterocycles. The molecule has 1 aliphatic rings. The van der Waals surface area contributed by atoms with Gasteiger partial charge in [-0.25, -0.2) is 0 Å². The second kappa shape index (κ2) is 3.93. The number of fused-ring (bicyclic) bond motifs is 1. The number of rotatable bonds is 1. The molecule has 2 N–H and O–H groups in total. The monoisotopic (exact) mass is 204 g/mol. The summed E-state index contributed by atoms with van der Waals surface area (Å²) >= 11 is 0. The fourth-order valence-electron chi connectivity index (χ4n) is 2.10. The van der Waals surface area contributed by atoms with Gasteiger partial charge in [0.2, 0.25) is 5.91 Å². The molecular formula is C12H16N2O. The molecule has 0 bridgehead atoms. The lowest BCUT2D eigenvalue weighted by atomic mass is 9.99. The van der Waals surface area contributed by atoms with E-state index in [2.05, 4.69) is 0 Å². The second-order valence-electron chi connectivity index (χ2n) is 3.85. The van der Waals surface area contributed by atoms with Crippen molar-refractivity contribution >= 4 is 17.3 Å². The van der Waals surface area contributed by atoms with Crippen LogP contribution in [-0.4, -0.2) is 12.5 Å². The molecule has 0 saturated carbocycles. The van der Waals surface area contributed by atoms with Crippen LogP contribution < -0.4 is 10.6 Å². The summed E-state index contributed by atoms with van der Waals surface area (Å²) < 4.78 is 0. The topological polar surface area (TPSA) is 46.3 Å². The van der Waals surface area contributed by atoms with Crippen LogP contribution in [0.3, 0.4) is 0 Å². The molecule has 0 saturated heterocycles. The maximum absolute atomic E-state index is 11.7. The van der Waals surface area contributed by atoms with Crippen LogP contribution in [0.1, 0.15) is 25.3 Å². The summed E-state index contributed by atoms with van der Waals surface area (Å²) in [6, 6.07) is 5.80. The van der Waals surface area contributed by atoms with Gasteiger partial charge in [0.25, 0.3) is 0 Å². The molecule has 0 atom stereocenters. The number of carbonyl (C=O) groups is 1. The Bertz CT molecular complexity index is 387. The summed E-state index contributed by atoms with van der Waals surface area (Å²) in [5, 5.41) is 0. The molecule has 0 aromatic heterocycles. The summed E-state index contributed by atoms with van der Waals surface area (Å²) in [4.78, 5) is 13.6. The van der Waals surface area contributed by atoms with Gasteiger partial charge in [0.15, 0.2) is 0 Å². The van der Waals surface area contributed by atoms with E-state index in [1.54, 1.807) is 0 Å². The normalized spacial score (nSPS) is 14.9. The lowest BCUT2D eigenvalue weighted by Gasteiger charge is -2.30. The van der Waals surface area contributed by atoms with E-state index >= 15 is 0 Å². The summed E-state index contributed by atoms with van der Waals surface area (Å²) in [5.41, 5.74) is 8.85. The fourth-order valence-corrected chi connectivity index (χ4v) is 2.10. The van der Waals surface area contributed by atoms with Crippen molar-refractivity contribution in [3.05, 3.63) is 23.8 Å². The maximum Gasteiger partial charge on any atom is 0.226 e. The predicted molar refractivity (Wildman–Crippen MR) is 61.8 cm³/mol. The Morgan fingerprint density at radius 2 is 2.33 bits per heavy atom. The Kier molecular flexibility index (Phi) is 2.62. The van der Waals surface area contributed by atoms with Crippen molar-refractivity contribution < 1.29 is 4.79 Å². The molecule has 2 rings (SSSR count). The standard InChI is InChI=1S/C12H16N2O/c1-2-12(15)14-8-4-5-9-10(13)6-3-7-11(9)14/h3,6-7H,2,4-5,8,13H2,1H3. The highest BCUT2D eigenvalue weighted by Crippen LogP contribution is 2.31. The highest BCUT2D eigenvalue weighted by Gasteiger charge is 2.22. The van der Waals surface area contributed by atoms with Crippen LogP contribution in [0.25, 0.3) is 0 Å². The number of anilines is 2. The Balaban J connectivity index is 2.42. The molecule has 0 spiro atoms. The van der Waals surface area contributed by atoms with Crippen molar-refractivity contribution in [2.24, 2.45) is 0 Å². The Morgan fingerprint density at radius 3 is 3.07 bits per heavy atom. The Hall–Kier alpha value is -1.51. The zero-order valence-electron chi connectivity index (χ0n) is 8.99. The number of nitrogens with two attached hydrogens (primary N) is 1. The summed E-state index contributed by atoms with van der Waals surface area (Å²) in [6.07, 6.45) is 2.54. The van der Waals surface area contributed by atoms with Gasteiger partial charge in [0, 0.05) is 24.3 Å². The number of amides is 1. The number of nitrogens with zero attached hydrogens (tertiary/aromatic N) is 1. The zero-order chi connectivity index (χ0) is 10.8. The minimum Gasteiger partial charge on any atom is -0.398 e. The van der Waals surface area contributed by atoms with Gasteiger partial charge in [-0.05, 0) is 30.5 Å². The minimum atomic E-state index is 0.182. The first-order valence-corrected chi connectivity index (χ1v) is 5.41. The minimum absolute atomic E-state index is 0.182. The zero-order valence-corrected chi connectivity index (χ0v) is 8.99. The third-order valence-corrected chi connectivity index (χ3v) is 2.89. The SMILES string of the molecule is CCC(=O)N1CCCc2c(N)cccc21. The molecule has 0 aliphatic carbocycles. The quantitative estimate of drug-likeness (QED) is 0.711. The molecule has 80 valence electrons. The molecule has 0 unspecified atom stereocenters. The van der Waals surface area contributed by atoms with Crippen molar-refractivity contribution in [1.29, 1.82) is 0 Å². The number of nitrogen functional groups attached to an aromatic ring is 1. The molecular weight excluding hydrogens is 188 g/mol. The summed E-state index contributed by atoms with van der Waals surface area (Å²) in [5.74, 6) is 0.182. The Labute approximate surface area is 89.9 Å². The molecule has 1 amide bonds. The van der Waals surface area contributed by atoms with Gasteiger partial charge in [-0.1, -0.05) is 13.0 Å². The predicted octanol–water partition coefficient (Wildman–Crippen LogP) is 1.96. The van der Waals surface area contributed by atoms with Crippen LogP contribution >= 0.6 is 0 Å². The molecule has 15 heavy (non-hydrogen) atoms. The van der Waals surface area contributed by atoms with Gasteiger partial charge in [-0.3, -0.25) is 4.79 Å². The van der Waals surface area contributed by atoms with Crippen LogP contribution in [0.2, 0.25) is 0 Å². The van der Waals surface area contributed by atoms with Crippen molar-refractivity contribution in [2.75, 3.05) is 17.2 Å². The van der Waals surface area contributed by atoms with E-state index in [0.717, 1.165) is 36.3 Å². The smallest absolute Gasteiger partial charge is 0.226 e. The summed E-state index contributed by atoms with van der Waals surface area (Å²) in [6.45, 7) is 2.71. The third-order valence-electron chi connectivity index (χ3n) is 2.89. The van der Waals surface area contributed by atoms with E-state index in [0.29, 0.717) is 6.42 Å². The van der Waals surface area contributed by atoms with Crippen molar-refractivity contribution in [1.82, 2.24) is 0 Å². The van der Waals surface area contributed by atoms with E-state index in [1.165, 1.54) is 0 Å². The first-order chi connectivity index (χ1) is 7.24. The van der Waals surface area contributed by atoms with Gasteiger partial charge in [-0.15, -0.1) is 0 Å². The Morgan fingerprint density at radius 1 is 1.53 bits per heavy atom. The van der Waals surface area contributed by atoms with E-state index in [1.807, 2.05) is 30.0 Å². The van der Waals surface area contributed by atoms with Crippen LogP contribution in [0.4, 0.5) is 11.4 Å². The average molecular weight is 204 g/mol. The van der Waals surface area contributed by atoms with Crippen LogP contribution in [0, 0.1) is 0 Å². The first-order valence-electron chi connectivity index (χ1n) is 5.41. The number of benzene rings is 1. The van der Waals surface area contributed by atoms with Crippen molar-refractivity contribution in [3.8, 4) is 0 Å². The fraction of sp³-hybridized carbons (Fsp3) is 0.417. The maximum atomic E-state index is 11.7. The largest absolute Gasteiger partial charge is 0.398 e. The van der Waals surface area contributed by atoms with Crippen LogP contribution in [0.5, 0.6) is 0 Å². The van der Waals surface area contributed by atoms with Gasteiger partial charge in [0.05, 0.1) is 0 Å². The lowest BCUT2D eigenvalue weighted by molar-refractivity contribution is -0.118. The molecule has 0 fully saturated rings. The van der Waals surface area contributed by atoms with Gasteiger partial charge < -0.3 is 10.6 Å². The van der Waals surface area contributed by atoms with Crippen molar-refractivity contribution in [3.63, 3.8) is 0 Å². The number of hydrogen-bond acceptors (Lipinski definition) is 2. The summed E-state index contributed by atoms with van der Waals surface area (Å²) in [7, 11) is 0. The number of carbonyl (C=O) groups excluding carboxylic acids is 1. The average Bonchev–Trinajstić information content (AvgIpc) is 2.28. The van der Waals surface area contributed by atoms with E-state index < -0.39 is 0 Å². The first kappa shape index (κ1) is 10.0. The molecule has 0 radical (unpaired) electrons. The van der Waals surface area contributed by atoms with Crippen LogP contribution in [0.15, 0.2) is 18.2 Å².